The third-order valence-electron chi connectivity index (χ3n) is 1.50. The standard InChI is InChI=1S/C8H8BBrO2/c1-11-7-4-8(12-2)6(10)3-5(7)9/h3-4H,1-2H3. The number of rotatable bonds is 2. The molecule has 0 N–H and O–H groups in total. The lowest BCUT2D eigenvalue weighted by atomic mass is 9.95. The minimum absolute atomic E-state index is 0.588. The zero-order valence-corrected chi connectivity index (χ0v) is 8.51. The molecule has 0 heterocycles. The predicted octanol–water partition coefficient (Wildman–Crippen LogP) is 1.26. The molecule has 0 aliphatic heterocycles. The van der Waals surface area contributed by atoms with Gasteiger partial charge >= 0.3 is 0 Å². The first-order valence-corrected chi connectivity index (χ1v) is 4.15. The summed E-state index contributed by atoms with van der Waals surface area (Å²) >= 11 is 3.31. The molecule has 0 unspecified atom stereocenters. The Morgan fingerprint density at radius 3 is 2.25 bits per heavy atom. The van der Waals surface area contributed by atoms with E-state index in [0.29, 0.717) is 17.0 Å². The van der Waals surface area contributed by atoms with Crippen molar-refractivity contribution < 1.29 is 9.47 Å². The minimum Gasteiger partial charge on any atom is -0.497 e. The highest BCUT2D eigenvalue weighted by Crippen LogP contribution is 2.26. The molecule has 2 nitrogen and oxygen atoms in total. The molecule has 0 fully saturated rings. The van der Waals surface area contributed by atoms with Crippen LogP contribution in [0.2, 0.25) is 0 Å². The minimum atomic E-state index is 0.588. The highest BCUT2D eigenvalue weighted by molar-refractivity contribution is 9.10. The number of benzene rings is 1. The van der Waals surface area contributed by atoms with E-state index in [1.807, 2.05) is 0 Å². The van der Waals surface area contributed by atoms with E-state index in [1.54, 1.807) is 26.4 Å². The van der Waals surface area contributed by atoms with Crippen molar-refractivity contribution in [3.63, 3.8) is 0 Å². The first kappa shape index (κ1) is 9.45. The molecule has 0 atom stereocenters. The van der Waals surface area contributed by atoms with Crippen LogP contribution in [-0.2, 0) is 0 Å². The Labute approximate surface area is 81.4 Å². The highest BCUT2D eigenvalue weighted by Gasteiger charge is 2.04. The fourth-order valence-corrected chi connectivity index (χ4v) is 1.41. The third-order valence-corrected chi connectivity index (χ3v) is 2.12. The van der Waals surface area contributed by atoms with Gasteiger partial charge in [0.05, 0.1) is 18.7 Å². The van der Waals surface area contributed by atoms with Gasteiger partial charge in [0, 0.05) is 6.07 Å². The number of halogens is 1. The van der Waals surface area contributed by atoms with Crippen LogP contribution < -0.4 is 14.9 Å². The van der Waals surface area contributed by atoms with Gasteiger partial charge in [0.15, 0.2) is 0 Å². The van der Waals surface area contributed by atoms with E-state index in [-0.39, 0.29) is 0 Å². The molecule has 1 aromatic rings. The Kier molecular flexibility index (Phi) is 3.03. The molecule has 2 radical (unpaired) electrons. The fraction of sp³-hybridized carbons (Fsp3) is 0.250. The van der Waals surface area contributed by atoms with Gasteiger partial charge in [-0.3, -0.25) is 0 Å². The molecule has 0 aliphatic rings. The van der Waals surface area contributed by atoms with Gasteiger partial charge in [0.1, 0.15) is 19.3 Å². The molecule has 0 saturated carbocycles. The van der Waals surface area contributed by atoms with E-state index in [2.05, 4.69) is 15.9 Å². The van der Waals surface area contributed by atoms with Crippen molar-refractivity contribution in [3.8, 4) is 11.5 Å². The van der Waals surface area contributed by atoms with Gasteiger partial charge < -0.3 is 9.47 Å². The van der Waals surface area contributed by atoms with Gasteiger partial charge in [-0.25, -0.2) is 0 Å². The summed E-state index contributed by atoms with van der Waals surface area (Å²) in [5, 5.41) is 0. The number of hydrogen-bond donors (Lipinski definition) is 0. The van der Waals surface area contributed by atoms with Crippen molar-refractivity contribution >= 4 is 29.2 Å². The maximum absolute atomic E-state index is 5.64. The van der Waals surface area contributed by atoms with Crippen LogP contribution in [0.15, 0.2) is 16.6 Å². The lowest BCUT2D eigenvalue weighted by Gasteiger charge is -2.09. The van der Waals surface area contributed by atoms with E-state index in [0.717, 1.165) is 4.47 Å². The second-order valence-electron chi connectivity index (χ2n) is 2.23. The van der Waals surface area contributed by atoms with Crippen molar-refractivity contribution in [2.75, 3.05) is 14.2 Å². The maximum atomic E-state index is 5.64. The SMILES string of the molecule is [B]c1cc(Br)c(OC)cc1OC. The first-order chi connectivity index (χ1) is 5.69. The van der Waals surface area contributed by atoms with E-state index in [9.17, 15) is 0 Å². The Balaban J connectivity index is 3.18. The van der Waals surface area contributed by atoms with Crippen molar-refractivity contribution in [3.05, 3.63) is 16.6 Å². The molecule has 62 valence electrons. The monoisotopic (exact) mass is 226 g/mol. The Morgan fingerprint density at radius 1 is 1.17 bits per heavy atom. The van der Waals surface area contributed by atoms with Crippen LogP contribution in [-0.4, -0.2) is 22.1 Å². The van der Waals surface area contributed by atoms with Crippen molar-refractivity contribution in [1.29, 1.82) is 0 Å². The van der Waals surface area contributed by atoms with Gasteiger partial charge in [0.25, 0.3) is 0 Å². The zero-order valence-electron chi connectivity index (χ0n) is 6.93. The molecule has 0 aliphatic carbocycles. The van der Waals surface area contributed by atoms with Crippen molar-refractivity contribution in [1.82, 2.24) is 0 Å². The number of methoxy groups -OCH3 is 2. The van der Waals surface area contributed by atoms with Gasteiger partial charge in [-0.15, -0.1) is 0 Å². The van der Waals surface area contributed by atoms with Crippen LogP contribution in [0, 0.1) is 0 Å². The zero-order chi connectivity index (χ0) is 9.14. The van der Waals surface area contributed by atoms with Crippen LogP contribution in [0.4, 0.5) is 0 Å². The van der Waals surface area contributed by atoms with Crippen LogP contribution in [0.25, 0.3) is 0 Å². The molecular formula is C8H8BBrO2. The van der Waals surface area contributed by atoms with Gasteiger partial charge in [-0.1, -0.05) is 5.46 Å². The molecule has 1 rings (SSSR count). The second kappa shape index (κ2) is 3.85. The molecule has 12 heavy (non-hydrogen) atoms. The summed E-state index contributed by atoms with van der Waals surface area (Å²) in [7, 11) is 8.81. The van der Waals surface area contributed by atoms with E-state index in [4.69, 9.17) is 17.3 Å². The normalized spacial score (nSPS) is 9.58. The fourth-order valence-electron chi connectivity index (χ4n) is 0.883. The summed E-state index contributed by atoms with van der Waals surface area (Å²) < 4.78 is 10.9. The Hall–Kier alpha value is -0.635. The first-order valence-electron chi connectivity index (χ1n) is 3.36. The smallest absolute Gasteiger partial charge is 0.136 e. The molecule has 0 amide bonds. The molecular weight excluding hydrogens is 219 g/mol. The lowest BCUT2D eigenvalue weighted by Crippen LogP contribution is -2.07. The average molecular weight is 227 g/mol. The van der Waals surface area contributed by atoms with Gasteiger partial charge in [-0.2, -0.15) is 0 Å². The molecule has 4 heteroatoms. The van der Waals surface area contributed by atoms with E-state index in [1.165, 1.54) is 0 Å². The Morgan fingerprint density at radius 2 is 1.75 bits per heavy atom. The summed E-state index contributed by atoms with van der Waals surface area (Å²) in [6, 6.07) is 3.48. The summed E-state index contributed by atoms with van der Waals surface area (Å²) in [6.07, 6.45) is 0. The van der Waals surface area contributed by atoms with E-state index >= 15 is 0 Å². The van der Waals surface area contributed by atoms with Crippen molar-refractivity contribution in [2.45, 2.75) is 0 Å². The van der Waals surface area contributed by atoms with Crippen LogP contribution in [0.5, 0.6) is 11.5 Å². The van der Waals surface area contributed by atoms with Gasteiger partial charge in [-0.05, 0) is 22.0 Å². The largest absolute Gasteiger partial charge is 0.497 e. The predicted molar refractivity (Wildman–Crippen MR) is 52.6 cm³/mol. The summed E-state index contributed by atoms with van der Waals surface area (Å²) in [5.74, 6) is 1.33. The highest BCUT2D eigenvalue weighted by atomic mass is 79.9. The van der Waals surface area contributed by atoms with Crippen LogP contribution in [0.1, 0.15) is 0 Å². The molecule has 1 aromatic carbocycles. The van der Waals surface area contributed by atoms with Crippen molar-refractivity contribution in [2.24, 2.45) is 0 Å². The molecule has 0 bridgehead atoms. The van der Waals surface area contributed by atoms with Crippen LogP contribution >= 0.6 is 15.9 Å². The number of ether oxygens (including phenoxy) is 2. The molecule has 0 saturated heterocycles. The second-order valence-corrected chi connectivity index (χ2v) is 3.08. The topological polar surface area (TPSA) is 18.5 Å². The maximum Gasteiger partial charge on any atom is 0.136 e. The lowest BCUT2D eigenvalue weighted by molar-refractivity contribution is 0.394. The summed E-state index contributed by atoms with van der Waals surface area (Å²) in [5.41, 5.74) is 0.588. The summed E-state index contributed by atoms with van der Waals surface area (Å²) in [6.45, 7) is 0. The van der Waals surface area contributed by atoms with Crippen LogP contribution in [0.3, 0.4) is 0 Å². The Bertz CT molecular complexity index is 263. The third kappa shape index (κ3) is 1.75. The van der Waals surface area contributed by atoms with E-state index < -0.39 is 0 Å². The molecule has 0 spiro atoms. The average Bonchev–Trinajstić information content (AvgIpc) is 2.05. The summed E-state index contributed by atoms with van der Waals surface area (Å²) in [4.78, 5) is 0. The molecule has 0 aromatic heterocycles. The number of hydrogen-bond acceptors (Lipinski definition) is 2. The van der Waals surface area contributed by atoms with Gasteiger partial charge in [0.2, 0.25) is 0 Å². The quantitative estimate of drug-likeness (QED) is 0.708.